The summed E-state index contributed by atoms with van der Waals surface area (Å²) in [6, 6.07) is 16.7. The molecule has 0 fully saturated rings. The fourth-order valence-corrected chi connectivity index (χ4v) is 3.47. The summed E-state index contributed by atoms with van der Waals surface area (Å²) in [5.41, 5.74) is 7.32. The van der Waals surface area contributed by atoms with E-state index in [9.17, 15) is 4.79 Å². The Hall–Kier alpha value is -4.72. The number of anilines is 1. The fourth-order valence-electron chi connectivity index (χ4n) is 3.47. The molecule has 3 aromatic rings. The van der Waals surface area contributed by atoms with Gasteiger partial charge in [0, 0.05) is 18.8 Å². The monoisotopic (exact) mass is 482 g/mol. The minimum atomic E-state index is -0.861. The smallest absolute Gasteiger partial charge is 0.307 e. The number of allylic oxidation sites excluding steroid dienone is 4. The van der Waals surface area contributed by atoms with Gasteiger partial charge >= 0.3 is 5.97 Å². The van der Waals surface area contributed by atoms with E-state index in [-0.39, 0.29) is 6.42 Å². The first-order chi connectivity index (χ1) is 17.6. The van der Waals surface area contributed by atoms with Crippen molar-refractivity contribution >= 4 is 23.1 Å². The van der Waals surface area contributed by atoms with Gasteiger partial charge in [0.2, 0.25) is 0 Å². The Morgan fingerprint density at radius 2 is 1.69 bits per heavy atom. The summed E-state index contributed by atoms with van der Waals surface area (Å²) in [6.07, 6.45) is 11.2. The number of hydrazone groups is 1. The number of aliphatic carboxylic acids is 1. The van der Waals surface area contributed by atoms with E-state index >= 15 is 0 Å². The van der Waals surface area contributed by atoms with Gasteiger partial charge in [-0.2, -0.15) is 5.10 Å². The number of ether oxygens (including phenoxy) is 2. The zero-order valence-electron chi connectivity index (χ0n) is 19.6. The maximum Gasteiger partial charge on any atom is 0.307 e. The first-order valence-corrected chi connectivity index (χ1v) is 11.5. The number of carboxylic acids is 1. The van der Waals surface area contributed by atoms with Crippen LogP contribution >= 0.6 is 0 Å². The first-order valence-electron chi connectivity index (χ1n) is 11.5. The van der Waals surface area contributed by atoms with Gasteiger partial charge in [0.15, 0.2) is 0 Å². The number of hydrogen-bond acceptors (Lipinski definition) is 7. The highest BCUT2D eigenvalue weighted by Crippen LogP contribution is 2.31. The molecule has 0 saturated heterocycles. The fraction of sp³-hybridized carbons (Fsp3) is 0.143. The highest BCUT2D eigenvalue weighted by molar-refractivity contribution is 6.50. The van der Waals surface area contributed by atoms with Gasteiger partial charge in [-0.3, -0.25) is 20.6 Å². The normalized spacial score (nSPS) is 13.6. The van der Waals surface area contributed by atoms with Gasteiger partial charge in [0.25, 0.3) is 0 Å². The number of benzene rings is 2. The molecule has 8 nitrogen and oxygen atoms in total. The molecule has 0 radical (unpaired) electrons. The third-order valence-corrected chi connectivity index (χ3v) is 5.29. The van der Waals surface area contributed by atoms with Crippen molar-refractivity contribution in [3.05, 3.63) is 96.9 Å². The average molecular weight is 483 g/mol. The lowest BCUT2D eigenvalue weighted by atomic mass is 10.1. The molecule has 0 bridgehead atoms. The molecule has 1 aromatic heterocycles. The Labute approximate surface area is 209 Å². The number of pyridine rings is 1. The molecule has 0 amide bonds. The van der Waals surface area contributed by atoms with E-state index in [1.807, 2.05) is 36.4 Å². The largest absolute Gasteiger partial charge is 0.493 e. The summed E-state index contributed by atoms with van der Waals surface area (Å²) in [6.45, 7) is 0.877. The van der Waals surface area contributed by atoms with Crippen molar-refractivity contribution in [1.82, 2.24) is 4.98 Å². The molecule has 0 spiro atoms. The Bertz CT molecular complexity index is 1300. The maximum absolute atomic E-state index is 10.8. The number of hydrogen-bond donors (Lipinski definition) is 3. The SMILES string of the molecule is N=C1C=CC=C/C1=N/Nc1cc(-c2ccncc2)ccc1OCCCOc1ccc(CC(=O)O)cc1. The Morgan fingerprint density at radius 3 is 2.44 bits per heavy atom. The van der Waals surface area contributed by atoms with Gasteiger partial charge < -0.3 is 14.6 Å². The average Bonchev–Trinajstić information content (AvgIpc) is 2.89. The van der Waals surface area contributed by atoms with E-state index < -0.39 is 5.97 Å². The van der Waals surface area contributed by atoms with Crippen LogP contribution < -0.4 is 14.9 Å². The number of aromatic nitrogens is 1. The predicted octanol–water partition coefficient (Wildman–Crippen LogP) is 5.14. The first kappa shape index (κ1) is 24.4. The van der Waals surface area contributed by atoms with Crippen LogP contribution in [0.2, 0.25) is 0 Å². The van der Waals surface area contributed by atoms with Crippen LogP contribution in [0.25, 0.3) is 11.1 Å². The molecule has 0 saturated carbocycles. The van der Waals surface area contributed by atoms with Crippen molar-refractivity contribution in [2.24, 2.45) is 5.10 Å². The molecular weight excluding hydrogens is 456 g/mol. The van der Waals surface area contributed by atoms with Gasteiger partial charge in [-0.05, 0) is 65.2 Å². The zero-order valence-corrected chi connectivity index (χ0v) is 19.6. The van der Waals surface area contributed by atoms with E-state index in [1.54, 1.807) is 54.9 Å². The summed E-state index contributed by atoms with van der Waals surface area (Å²) in [7, 11) is 0. The number of carbonyl (C=O) groups is 1. The molecule has 0 atom stereocenters. The van der Waals surface area contributed by atoms with Crippen LogP contribution in [-0.2, 0) is 11.2 Å². The van der Waals surface area contributed by atoms with Crippen LogP contribution in [0.1, 0.15) is 12.0 Å². The number of nitrogens with zero attached hydrogens (tertiary/aromatic N) is 2. The second-order valence-electron chi connectivity index (χ2n) is 7.95. The number of nitrogens with one attached hydrogen (secondary N) is 2. The molecule has 8 heteroatoms. The van der Waals surface area contributed by atoms with E-state index in [0.29, 0.717) is 48.2 Å². The van der Waals surface area contributed by atoms with Crippen LogP contribution in [0.15, 0.2) is 96.4 Å². The van der Waals surface area contributed by atoms with Crippen molar-refractivity contribution < 1.29 is 19.4 Å². The summed E-state index contributed by atoms with van der Waals surface area (Å²) >= 11 is 0. The molecule has 3 N–H and O–H groups in total. The summed E-state index contributed by atoms with van der Waals surface area (Å²) < 4.78 is 11.8. The Kier molecular flexibility index (Phi) is 8.22. The van der Waals surface area contributed by atoms with E-state index in [4.69, 9.17) is 20.0 Å². The lowest BCUT2D eigenvalue weighted by Gasteiger charge is -2.14. The second-order valence-corrected chi connectivity index (χ2v) is 7.95. The highest BCUT2D eigenvalue weighted by atomic mass is 16.5. The van der Waals surface area contributed by atoms with E-state index in [2.05, 4.69) is 15.5 Å². The van der Waals surface area contributed by atoms with Gasteiger partial charge in [-0.25, -0.2) is 0 Å². The standard InChI is InChI=1S/C28H26N4O4/c29-24-4-1-2-5-25(24)31-32-26-19-22(21-12-14-30-15-13-21)8-11-27(26)36-17-3-16-35-23-9-6-20(7-10-23)18-28(33)34/h1-2,4-15,19,29,32H,3,16-18H2,(H,33,34)/b29-24?,31-25-. The quantitative estimate of drug-likeness (QED) is 0.198. The molecule has 0 aliphatic heterocycles. The van der Waals surface area contributed by atoms with Crippen molar-refractivity contribution in [1.29, 1.82) is 5.41 Å². The molecule has 0 unspecified atom stereocenters. The van der Waals surface area contributed by atoms with Crippen molar-refractivity contribution in [3.8, 4) is 22.6 Å². The Balaban J connectivity index is 1.38. The molecule has 1 heterocycles. The third kappa shape index (κ3) is 6.89. The van der Waals surface area contributed by atoms with Crippen LogP contribution in [0.4, 0.5) is 5.69 Å². The minimum absolute atomic E-state index is 0.00982. The lowest BCUT2D eigenvalue weighted by Crippen LogP contribution is -2.12. The molecular formula is C28H26N4O4. The zero-order chi connectivity index (χ0) is 25.2. The predicted molar refractivity (Wildman–Crippen MR) is 140 cm³/mol. The number of rotatable bonds is 11. The summed E-state index contributed by atoms with van der Waals surface area (Å²) in [5.74, 6) is 0.457. The molecule has 36 heavy (non-hydrogen) atoms. The molecule has 1 aliphatic carbocycles. The van der Waals surface area contributed by atoms with Crippen LogP contribution in [-0.4, -0.2) is 40.7 Å². The van der Waals surface area contributed by atoms with Gasteiger partial charge in [-0.1, -0.05) is 30.4 Å². The minimum Gasteiger partial charge on any atom is -0.493 e. The highest BCUT2D eigenvalue weighted by Gasteiger charge is 2.09. The van der Waals surface area contributed by atoms with Crippen molar-refractivity contribution in [3.63, 3.8) is 0 Å². The van der Waals surface area contributed by atoms with Crippen LogP contribution in [0.5, 0.6) is 11.5 Å². The van der Waals surface area contributed by atoms with Crippen molar-refractivity contribution in [2.45, 2.75) is 12.8 Å². The lowest BCUT2D eigenvalue weighted by molar-refractivity contribution is -0.136. The Morgan fingerprint density at radius 1 is 0.944 bits per heavy atom. The molecule has 1 aliphatic rings. The third-order valence-electron chi connectivity index (χ3n) is 5.29. The van der Waals surface area contributed by atoms with Crippen molar-refractivity contribution in [2.75, 3.05) is 18.6 Å². The summed E-state index contributed by atoms with van der Waals surface area (Å²) in [4.78, 5) is 14.9. The summed E-state index contributed by atoms with van der Waals surface area (Å²) in [5, 5.41) is 21.3. The molecule has 2 aromatic carbocycles. The van der Waals surface area contributed by atoms with Crippen LogP contribution in [0.3, 0.4) is 0 Å². The van der Waals surface area contributed by atoms with Gasteiger partial charge in [-0.15, -0.1) is 0 Å². The van der Waals surface area contributed by atoms with Gasteiger partial charge in [0.05, 0.1) is 31.0 Å². The second kappa shape index (κ2) is 12.1. The van der Waals surface area contributed by atoms with Crippen LogP contribution in [0, 0.1) is 5.41 Å². The van der Waals surface area contributed by atoms with E-state index in [1.165, 1.54) is 0 Å². The van der Waals surface area contributed by atoms with E-state index in [0.717, 1.165) is 16.7 Å². The van der Waals surface area contributed by atoms with Gasteiger partial charge in [0.1, 0.15) is 17.2 Å². The molecule has 4 rings (SSSR count). The topological polar surface area (TPSA) is 117 Å². The maximum atomic E-state index is 10.8. The molecule has 182 valence electrons. The number of carboxylic acid groups (broad SMARTS) is 1.